The summed E-state index contributed by atoms with van der Waals surface area (Å²) in [5.74, 6) is -1.54. The number of carbonyl (C=O) groups is 2. The van der Waals surface area contributed by atoms with Crippen LogP contribution in [0.2, 0.25) is 0 Å². The van der Waals surface area contributed by atoms with Gasteiger partial charge in [-0.15, -0.1) is 6.58 Å². The van der Waals surface area contributed by atoms with Crippen molar-refractivity contribution in [1.82, 2.24) is 10.2 Å². The second-order valence-electron chi connectivity index (χ2n) is 6.06. The molecule has 0 aliphatic rings. The van der Waals surface area contributed by atoms with Gasteiger partial charge in [0.25, 0.3) is 5.91 Å². The highest BCUT2D eigenvalue weighted by Gasteiger charge is 2.26. The van der Waals surface area contributed by atoms with E-state index in [0.29, 0.717) is 0 Å². The van der Waals surface area contributed by atoms with E-state index in [-0.39, 0.29) is 25.1 Å². The fraction of sp³-hybridized carbons (Fsp3) is 0.316. The first kappa shape index (κ1) is 23.0. The standard InChI is InChI=1S/C19H24BN3O5/c1-4-15(3)23(18(24)14(2)13-21)10-11-28-19(25)22-17(20(26)27)12-16-8-6-5-7-9-16/h4-9,15,17,26-27H,1-2,10-12H2,3H3,(H,22,25)/t15?,17-/m0/s1. The molecule has 1 unspecified atom stereocenters. The number of amides is 2. The Morgan fingerprint density at radius 2 is 2.04 bits per heavy atom. The molecule has 0 aliphatic carbocycles. The molecule has 0 saturated heterocycles. The zero-order chi connectivity index (χ0) is 21.1. The van der Waals surface area contributed by atoms with E-state index in [0.717, 1.165) is 5.56 Å². The zero-order valence-corrected chi connectivity index (χ0v) is 15.7. The number of nitriles is 1. The van der Waals surface area contributed by atoms with Crippen LogP contribution >= 0.6 is 0 Å². The summed E-state index contributed by atoms with van der Waals surface area (Å²) in [6.07, 6.45) is 0.862. The molecule has 0 spiro atoms. The van der Waals surface area contributed by atoms with Gasteiger partial charge in [0.15, 0.2) is 0 Å². The van der Waals surface area contributed by atoms with Crippen LogP contribution in [0.15, 0.2) is 55.1 Å². The summed E-state index contributed by atoms with van der Waals surface area (Å²) in [4.78, 5) is 25.4. The van der Waals surface area contributed by atoms with Crippen molar-refractivity contribution in [2.45, 2.75) is 25.3 Å². The number of nitrogens with one attached hydrogen (secondary N) is 1. The van der Waals surface area contributed by atoms with E-state index in [1.165, 1.54) is 11.0 Å². The number of rotatable bonds is 10. The Labute approximate surface area is 164 Å². The van der Waals surface area contributed by atoms with Crippen LogP contribution in [0.4, 0.5) is 4.79 Å². The number of carbonyl (C=O) groups excluding carboxylic acids is 2. The Balaban J connectivity index is 2.60. The molecule has 1 rings (SSSR count). The minimum Gasteiger partial charge on any atom is -0.448 e. The average molecular weight is 385 g/mol. The van der Waals surface area contributed by atoms with Crippen molar-refractivity contribution in [3.63, 3.8) is 0 Å². The van der Waals surface area contributed by atoms with Crippen LogP contribution in [0.3, 0.4) is 0 Å². The Kier molecular flexibility index (Phi) is 9.50. The molecule has 8 nitrogen and oxygen atoms in total. The highest BCUT2D eigenvalue weighted by atomic mass is 16.5. The number of alkyl carbamates (subject to hydrolysis) is 1. The van der Waals surface area contributed by atoms with Crippen LogP contribution in [-0.2, 0) is 16.0 Å². The van der Waals surface area contributed by atoms with Gasteiger partial charge in [-0.05, 0) is 18.9 Å². The Hall–Kier alpha value is -3.09. The molecule has 0 bridgehead atoms. The number of ether oxygens (including phenoxy) is 1. The van der Waals surface area contributed by atoms with E-state index in [4.69, 9.17) is 10.00 Å². The lowest BCUT2D eigenvalue weighted by Gasteiger charge is -2.26. The molecule has 1 aromatic carbocycles. The number of hydrogen-bond donors (Lipinski definition) is 3. The summed E-state index contributed by atoms with van der Waals surface area (Å²) in [6.45, 7) is 8.56. The molecule has 0 aromatic heterocycles. The van der Waals surface area contributed by atoms with Gasteiger partial charge in [-0.3, -0.25) is 4.79 Å². The zero-order valence-electron chi connectivity index (χ0n) is 15.7. The molecule has 0 saturated carbocycles. The Morgan fingerprint density at radius 3 is 2.57 bits per heavy atom. The van der Waals surface area contributed by atoms with Gasteiger partial charge in [0.2, 0.25) is 0 Å². The second kappa shape index (κ2) is 11.6. The van der Waals surface area contributed by atoms with Gasteiger partial charge >= 0.3 is 13.2 Å². The van der Waals surface area contributed by atoms with Crippen molar-refractivity contribution in [2.24, 2.45) is 0 Å². The lowest BCUT2D eigenvalue weighted by Crippen LogP contribution is -2.48. The van der Waals surface area contributed by atoms with Gasteiger partial charge in [0, 0.05) is 6.04 Å². The van der Waals surface area contributed by atoms with E-state index in [1.54, 1.807) is 37.3 Å². The summed E-state index contributed by atoms with van der Waals surface area (Å²) < 4.78 is 5.04. The van der Waals surface area contributed by atoms with Gasteiger partial charge < -0.3 is 25.0 Å². The first-order valence-electron chi connectivity index (χ1n) is 8.66. The minimum absolute atomic E-state index is 0.0190. The van der Waals surface area contributed by atoms with E-state index < -0.39 is 31.1 Å². The van der Waals surface area contributed by atoms with Crippen LogP contribution < -0.4 is 5.32 Å². The largest absolute Gasteiger partial charge is 0.475 e. The van der Waals surface area contributed by atoms with E-state index in [2.05, 4.69) is 18.5 Å². The van der Waals surface area contributed by atoms with E-state index in [9.17, 15) is 19.6 Å². The molecule has 2 atom stereocenters. The third-order valence-electron chi connectivity index (χ3n) is 4.01. The summed E-state index contributed by atoms with van der Waals surface area (Å²) in [7, 11) is -1.77. The molecule has 0 aliphatic heterocycles. The van der Waals surface area contributed by atoms with Crippen LogP contribution in [0, 0.1) is 11.3 Å². The lowest BCUT2D eigenvalue weighted by atomic mass is 9.76. The lowest BCUT2D eigenvalue weighted by molar-refractivity contribution is -0.128. The molecule has 1 aromatic rings. The van der Waals surface area contributed by atoms with Crippen LogP contribution in [-0.4, -0.2) is 59.2 Å². The van der Waals surface area contributed by atoms with Gasteiger partial charge in [-0.2, -0.15) is 5.26 Å². The number of nitrogens with zero attached hydrogens (tertiary/aromatic N) is 2. The molecular formula is C19H24BN3O5. The molecule has 9 heteroatoms. The van der Waals surface area contributed by atoms with E-state index >= 15 is 0 Å². The molecule has 3 N–H and O–H groups in total. The second-order valence-corrected chi connectivity index (χ2v) is 6.06. The summed E-state index contributed by atoms with van der Waals surface area (Å²) in [6, 6.07) is 10.3. The third-order valence-corrected chi connectivity index (χ3v) is 4.01. The quantitative estimate of drug-likeness (QED) is 0.237. The molecule has 0 fully saturated rings. The topological polar surface area (TPSA) is 123 Å². The highest BCUT2D eigenvalue weighted by Crippen LogP contribution is 2.07. The maximum Gasteiger partial charge on any atom is 0.475 e. The average Bonchev–Trinajstić information content (AvgIpc) is 2.69. The molecule has 0 heterocycles. The van der Waals surface area contributed by atoms with Gasteiger partial charge in [-0.1, -0.05) is 43.0 Å². The van der Waals surface area contributed by atoms with Crippen molar-refractivity contribution < 1.29 is 24.4 Å². The number of benzene rings is 1. The van der Waals surface area contributed by atoms with Crippen molar-refractivity contribution in [3.05, 3.63) is 60.7 Å². The van der Waals surface area contributed by atoms with E-state index in [1.807, 2.05) is 6.07 Å². The summed E-state index contributed by atoms with van der Waals surface area (Å²) in [5, 5.41) is 30.2. The normalized spacial score (nSPS) is 12.1. The maximum atomic E-state index is 12.2. The SMILES string of the molecule is C=CC(C)N(CCOC(=O)N[C@@H](Cc1ccccc1)B(O)O)C(=O)C(=C)C#N. The predicted molar refractivity (Wildman–Crippen MR) is 105 cm³/mol. The monoisotopic (exact) mass is 385 g/mol. The van der Waals surface area contributed by atoms with Crippen molar-refractivity contribution in [1.29, 1.82) is 5.26 Å². The van der Waals surface area contributed by atoms with Crippen LogP contribution in [0.25, 0.3) is 0 Å². The van der Waals surface area contributed by atoms with Gasteiger partial charge in [0.1, 0.15) is 18.2 Å². The molecule has 0 radical (unpaired) electrons. The van der Waals surface area contributed by atoms with Gasteiger partial charge in [0.05, 0.1) is 12.5 Å². The first-order valence-corrected chi connectivity index (χ1v) is 8.66. The van der Waals surface area contributed by atoms with Gasteiger partial charge in [-0.25, -0.2) is 4.79 Å². The van der Waals surface area contributed by atoms with Crippen molar-refractivity contribution in [2.75, 3.05) is 13.2 Å². The fourth-order valence-electron chi connectivity index (χ4n) is 2.37. The molecule has 148 valence electrons. The third kappa shape index (κ3) is 7.27. The first-order chi connectivity index (χ1) is 13.3. The maximum absolute atomic E-state index is 12.2. The smallest absolute Gasteiger partial charge is 0.448 e. The predicted octanol–water partition coefficient (Wildman–Crippen LogP) is 0.819. The van der Waals surface area contributed by atoms with Crippen molar-refractivity contribution >= 4 is 19.1 Å². The summed E-state index contributed by atoms with van der Waals surface area (Å²) in [5.41, 5.74) is 0.581. The highest BCUT2D eigenvalue weighted by molar-refractivity contribution is 6.43. The van der Waals surface area contributed by atoms with Crippen LogP contribution in [0.1, 0.15) is 12.5 Å². The molecule has 28 heavy (non-hydrogen) atoms. The fourth-order valence-corrected chi connectivity index (χ4v) is 2.37. The minimum atomic E-state index is -1.77. The molecule has 2 amide bonds. The Morgan fingerprint density at radius 1 is 1.39 bits per heavy atom. The van der Waals surface area contributed by atoms with Crippen LogP contribution in [0.5, 0.6) is 0 Å². The number of hydrogen-bond acceptors (Lipinski definition) is 6. The van der Waals surface area contributed by atoms with Crippen molar-refractivity contribution in [3.8, 4) is 6.07 Å². The Bertz CT molecular complexity index is 733. The molecular weight excluding hydrogens is 361 g/mol. The summed E-state index contributed by atoms with van der Waals surface area (Å²) >= 11 is 0.